The van der Waals surface area contributed by atoms with Crippen LogP contribution in [0.5, 0.6) is 5.88 Å². The predicted octanol–water partition coefficient (Wildman–Crippen LogP) is 2.89. The first-order valence-electron chi connectivity index (χ1n) is 8.35. The lowest BCUT2D eigenvalue weighted by molar-refractivity contribution is 0.179. The second kappa shape index (κ2) is 6.99. The number of hydrogen-bond acceptors (Lipinski definition) is 3. The van der Waals surface area contributed by atoms with E-state index in [2.05, 4.69) is 10.3 Å². The number of rotatable bonds is 3. The zero-order valence-corrected chi connectivity index (χ0v) is 13.3. The third kappa shape index (κ3) is 3.90. The average molecular weight is 303 g/mol. The van der Waals surface area contributed by atoms with Crippen LogP contribution < -0.4 is 10.1 Å². The van der Waals surface area contributed by atoms with Crippen LogP contribution in [-0.2, 0) is 0 Å². The molecule has 5 nitrogen and oxygen atoms in total. The minimum absolute atomic E-state index is 0.0484. The fourth-order valence-electron chi connectivity index (χ4n) is 3.22. The largest absolute Gasteiger partial charge is 0.472 e. The normalized spacial score (nSPS) is 22.6. The third-order valence-corrected chi connectivity index (χ3v) is 4.54. The average Bonchev–Trinajstić information content (AvgIpc) is 2.99. The molecule has 1 unspecified atom stereocenters. The Morgan fingerprint density at radius 2 is 2.09 bits per heavy atom. The van der Waals surface area contributed by atoms with Gasteiger partial charge in [-0.15, -0.1) is 0 Å². The number of aryl methyl sites for hydroxylation is 1. The monoisotopic (exact) mass is 303 g/mol. The first-order valence-corrected chi connectivity index (χ1v) is 8.35. The predicted molar refractivity (Wildman–Crippen MR) is 85.0 cm³/mol. The van der Waals surface area contributed by atoms with Crippen LogP contribution in [0.1, 0.15) is 44.1 Å². The zero-order chi connectivity index (χ0) is 15.4. The van der Waals surface area contributed by atoms with E-state index in [-0.39, 0.29) is 12.1 Å². The lowest BCUT2D eigenvalue weighted by Crippen LogP contribution is -2.45. The fourth-order valence-corrected chi connectivity index (χ4v) is 3.22. The minimum Gasteiger partial charge on any atom is -0.472 e. The zero-order valence-electron chi connectivity index (χ0n) is 13.3. The maximum Gasteiger partial charge on any atom is 0.317 e. The van der Waals surface area contributed by atoms with Crippen LogP contribution in [0.25, 0.3) is 0 Å². The maximum absolute atomic E-state index is 12.3. The van der Waals surface area contributed by atoms with Crippen LogP contribution in [-0.4, -0.2) is 41.2 Å². The van der Waals surface area contributed by atoms with Gasteiger partial charge in [-0.25, -0.2) is 9.78 Å². The number of likely N-dealkylation sites (tertiary alicyclic amines) is 1. The van der Waals surface area contributed by atoms with Crippen molar-refractivity contribution in [3.8, 4) is 5.88 Å². The molecule has 0 bridgehead atoms. The Balaban J connectivity index is 1.46. The summed E-state index contributed by atoms with van der Waals surface area (Å²) < 4.78 is 5.87. The van der Waals surface area contributed by atoms with Crippen molar-refractivity contribution in [2.24, 2.45) is 0 Å². The van der Waals surface area contributed by atoms with Gasteiger partial charge in [0.25, 0.3) is 0 Å². The van der Waals surface area contributed by atoms with Crippen LogP contribution >= 0.6 is 0 Å². The van der Waals surface area contributed by atoms with Crippen molar-refractivity contribution < 1.29 is 9.53 Å². The molecule has 2 fully saturated rings. The highest BCUT2D eigenvalue weighted by Crippen LogP contribution is 2.20. The molecule has 0 radical (unpaired) electrons. The van der Waals surface area contributed by atoms with Crippen LogP contribution in [0.3, 0.4) is 0 Å². The van der Waals surface area contributed by atoms with E-state index in [4.69, 9.17) is 4.74 Å². The van der Waals surface area contributed by atoms with Gasteiger partial charge in [0.05, 0.1) is 6.54 Å². The smallest absolute Gasteiger partial charge is 0.317 e. The van der Waals surface area contributed by atoms with E-state index < -0.39 is 0 Å². The van der Waals surface area contributed by atoms with E-state index in [0.29, 0.717) is 18.5 Å². The Morgan fingerprint density at radius 1 is 1.27 bits per heavy atom. The van der Waals surface area contributed by atoms with Crippen molar-refractivity contribution in [2.75, 3.05) is 13.1 Å². The van der Waals surface area contributed by atoms with Crippen molar-refractivity contribution in [3.05, 3.63) is 23.9 Å². The number of pyridine rings is 1. The summed E-state index contributed by atoms with van der Waals surface area (Å²) in [5, 5.41) is 3.17. The lowest BCUT2D eigenvalue weighted by Gasteiger charge is -2.26. The molecule has 120 valence electrons. The van der Waals surface area contributed by atoms with E-state index in [1.54, 1.807) is 6.20 Å². The van der Waals surface area contributed by atoms with Gasteiger partial charge in [-0.05, 0) is 25.3 Å². The molecule has 1 aliphatic heterocycles. The molecule has 0 spiro atoms. The maximum atomic E-state index is 12.3. The summed E-state index contributed by atoms with van der Waals surface area (Å²) in [7, 11) is 0. The van der Waals surface area contributed by atoms with E-state index >= 15 is 0 Å². The van der Waals surface area contributed by atoms with Crippen molar-refractivity contribution in [3.63, 3.8) is 0 Å². The molecule has 5 heteroatoms. The standard InChI is InChI=1S/C17H25N3O2/c1-13-7-8-16(18-11-13)22-15-9-10-20(12-15)17(21)19-14-5-3-2-4-6-14/h7-8,11,14-15H,2-6,9-10,12H2,1H3,(H,19,21). The van der Waals surface area contributed by atoms with Gasteiger partial charge in [0.2, 0.25) is 5.88 Å². The summed E-state index contributed by atoms with van der Waals surface area (Å²) in [5.41, 5.74) is 1.12. The number of nitrogens with zero attached hydrogens (tertiary/aromatic N) is 2. The van der Waals surface area contributed by atoms with Gasteiger partial charge in [0, 0.05) is 31.3 Å². The molecule has 1 N–H and O–H groups in total. The Morgan fingerprint density at radius 3 is 2.82 bits per heavy atom. The Hall–Kier alpha value is -1.78. The van der Waals surface area contributed by atoms with Crippen molar-refractivity contribution in [2.45, 2.75) is 57.6 Å². The first-order chi connectivity index (χ1) is 10.7. The topological polar surface area (TPSA) is 54.5 Å². The van der Waals surface area contributed by atoms with Gasteiger partial charge in [-0.1, -0.05) is 25.3 Å². The SMILES string of the molecule is Cc1ccc(OC2CCN(C(=O)NC3CCCCC3)C2)nc1. The van der Waals surface area contributed by atoms with Gasteiger partial charge >= 0.3 is 6.03 Å². The summed E-state index contributed by atoms with van der Waals surface area (Å²) in [5.74, 6) is 0.644. The molecule has 1 aromatic rings. The summed E-state index contributed by atoms with van der Waals surface area (Å²) >= 11 is 0. The Bertz CT molecular complexity index is 497. The van der Waals surface area contributed by atoms with Gasteiger partial charge in [-0.3, -0.25) is 0 Å². The quantitative estimate of drug-likeness (QED) is 0.934. The molecule has 1 aliphatic carbocycles. The molecule has 2 heterocycles. The van der Waals surface area contributed by atoms with Gasteiger partial charge in [-0.2, -0.15) is 0 Å². The Kier molecular flexibility index (Phi) is 4.80. The van der Waals surface area contributed by atoms with Crippen LogP contribution in [0, 0.1) is 6.92 Å². The van der Waals surface area contributed by atoms with Gasteiger partial charge in [0.1, 0.15) is 6.10 Å². The summed E-state index contributed by atoms with van der Waals surface area (Å²) in [6, 6.07) is 4.31. The summed E-state index contributed by atoms with van der Waals surface area (Å²) in [4.78, 5) is 18.4. The Labute approximate surface area is 132 Å². The molecule has 1 saturated heterocycles. The number of urea groups is 1. The van der Waals surface area contributed by atoms with Gasteiger partial charge in [0.15, 0.2) is 0 Å². The number of carbonyl (C=O) groups is 1. The molecule has 3 rings (SSSR count). The number of carbonyl (C=O) groups excluding carboxylic acids is 1. The van der Waals surface area contributed by atoms with Crippen LogP contribution in [0.15, 0.2) is 18.3 Å². The summed E-state index contributed by atoms with van der Waals surface area (Å²) in [6.07, 6.45) is 8.72. The number of nitrogens with one attached hydrogen (secondary N) is 1. The fraction of sp³-hybridized carbons (Fsp3) is 0.647. The molecule has 22 heavy (non-hydrogen) atoms. The molecule has 1 saturated carbocycles. The summed E-state index contributed by atoms with van der Waals surface area (Å²) in [6.45, 7) is 3.41. The molecule has 1 aromatic heterocycles. The van der Waals surface area contributed by atoms with Crippen molar-refractivity contribution in [1.29, 1.82) is 0 Å². The highest BCUT2D eigenvalue weighted by Gasteiger charge is 2.29. The van der Waals surface area contributed by atoms with E-state index in [0.717, 1.165) is 31.4 Å². The molecule has 1 atom stereocenters. The molecular formula is C17H25N3O2. The minimum atomic E-state index is 0.0484. The van der Waals surface area contributed by atoms with Crippen LogP contribution in [0.4, 0.5) is 4.79 Å². The molecule has 0 aromatic carbocycles. The van der Waals surface area contributed by atoms with E-state index in [1.165, 1.54) is 19.3 Å². The lowest BCUT2D eigenvalue weighted by atomic mass is 9.96. The van der Waals surface area contributed by atoms with Crippen molar-refractivity contribution >= 4 is 6.03 Å². The van der Waals surface area contributed by atoms with Gasteiger partial charge < -0.3 is 15.0 Å². The molecule has 2 aliphatic rings. The molecular weight excluding hydrogens is 278 g/mol. The second-order valence-electron chi connectivity index (χ2n) is 6.43. The number of aromatic nitrogens is 1. The first kappa shape index (κ1) is 15.1. The van der Waals surface area contributed by atoms with Crippen LogP contribution in [0.2, 0.25) is 0 Å². The third-order valence-electron chi connectivity index (χ3n) is 4.54. The highest BCUT2D eigenvalue weighted by atomic mass is 16.5. The highest BCUT2D eigenvalue weighted by molar-refractivity contribution is 5.74. The van der Waals surface area contributed by atoms with Crippen molar-refractivity contribution in [1.82, 2.24) is 15.2 Å². The number of hydrogen-bond donors (Lipinski definition) is 1. The number of amides is 2. The number of ether oxygens (including phenoxy) is 1. The van der Waals surface area contributed by atoms with E-state index in [9.17, 15) is 4.79 Å². The molecule has 2 amide bonds. The van der Waals surface area contributed by atoms with E-state index in [1.807, 2.05) is 24.0 Å². The second-order valence-corrected chi connectivity index (χ2v) is 6.43.